The lowest BCUT2D eigenvalue weighted by atomic mass is 9.88. The zero-order valence-corrected chi connectivity index (χ0v) is 20.6. The molecule has 11 heteroatoms. The zero-order chi connectivity index (χ0) is 21.8. The van der Waals surface area contributed by atoms with Gasteiger partial charge in [-0.05, 0) is 38.0 Å². The van der Waals surface area contributed by atoms with Crippen LogP contribution in [0.1, 0.15) is 32.1 Å². The highest BCUT2D eigenvalue weighted by molar-refractivity contribution is 6.60. The van der Waals surface area contributed by atoms with Crippen LogP contribution in [0.4, 0.5) is 0 Å². The highest BCUT2D eigenvalue weighted by atomic mass is 28.4. The fraction of sp³-hybridized carbons (Fsp3) is 0.944. The maximum absolute atomic E-state index is 9.76. The third kappa shape index (κ3) is 8.66. The number of epoxide rings is 1. The van der Waals surface area contributed by atoms with E-state index in [1.165, 1.54) is 25.3 Å². The van der Waals surface area contributed by atoms with Gasteiger partial charge in [0.15, 0.2) is 0 Å². The van der Waals surface area contributed by atoms with Crippen LogP contribution < -0.4 is 0 Å². The van der Waals surface area contributed by atoms with E-state index >= 15 is 0 Å². The molecule has 1 saturated carbocycles. The first-order valence-electron chi connectivity index (χ1n) is 9.97. The van der Waals surface area contributed by atoms with Crippen molar-refractivity contribution in [2.75, 3.05) is 49.2 Å². The molecule has 3 unspecified atom stereocenters. The fourth-order valence-corrected chi connectivity index (χ4v) is 7.24. The maximum Gasteiger partial charge on any atom is 0.500 e. The lowest BCUT2D eigenvalue weighted by Gasteiger charge is -2.27. The topological polar surface area (TPSA) is 97.3 Å². The summed E-state index contributed by atoms with van der Waals surface area (Å²) in [6.07, 6.45) is 8.19. The van der Waals surface area contributed by atoms with E-state index in [0.717, 1.165) is 18.4 Å². The number of carbonyl (C=O) groups excluding carboxylic acids is 1. The second kappa shape index (κ2) is 13.8. The lowest BCUT2D eigenvalue weighted by Crippen LogP contribution is -2.43. The largest absolute Gasteiger partial charge is 0.500 e. The Morgan fingerprint density at radius 2 is 1.41 bits per heavy atom. The number of rotatable bonds is 13. The Labute approximate surface area is 176 Å². The number of nitrogens with zero attached hydrogens (tertiary/aromatic N) is 1. The van der Waals surface area contributed by atoms with Crippen molar-refractivity contribution in [3.05, 3.63) is 0 Å². The average Bonchev–Trinajstić information content (AvgIpc) is 3.55. The second-order valence-electron chi connectivity index (χ2n) is 7.10. The molecule has 2 rings (SSSR count). The van der Waals surface area contributed by atoms with E-state index in [1.54, 1.807) is 42.7 Å². The highest BCUT2D eigenvalue weighted by Crippen LogP contribution is 2.41. The van der Waals surface area contributed by atoms with Gasteiger partial charge < -0.3 is 31.3 Å². The standard InChI is InChI=1S/C11H22O4Si.C7H15NO4Si/c1-12-16(13-2,14-3)7-6-9-4-5-10-11(8-9)15-10;1-10-13(11-2,12-3)6-4-5-8-7-9/h9-11H,4-8H2,1-3H3;4-6H2,1-3H3. The average molecular weight is 452 g/mol. The first kappa shape index (κ1) is 26.6. The SMILES string of the molecule is CO[Si](CCC1CCC2OC2C1)(OC)OC.CO[Si](CCCN=C=O)(OC)OC. The third-order valence-corrected chi connectivity index (χ3v) is 11.3. The minimum absolute atomic E-state index is 0.439. The molecule has 0 radical (unpaired) electrons. The molecule has 0 aromatic heterocycles. The van der Waals surface area contributed by atoms with E-state index in [4.69, 9.17) is 31.3 Å². The van der Waals surface area contributed by atoms with Gasteiger partial charge in [-0.1, -0.05) is 0 Å². The van der Waals surface area contributed by atoms with E-state index in [9.17, 15) is 4.79 Å². The molecule has 0 aromatic rings. The fourth-order valence-electron chi connectivity index (χ4n) is 3.66. The van der Waals surface area contributed by atoms with Gasteiger partial charge >= 0.3 is 17.6 Å². The van der Waals surface area contributed by atoms with Gasteiger partial charge in [0.1, 0.15) is 0 Å². The van der Waals surface area contributed by atoms with Crippen LogP contribution in [-0.4, -0.2) is 85.1 Å². The van der Waals surface area contributed by atoms with E-state index in [2.05, 4.69) is 4.99 Å². The van der Waals surface area contributed by atoms with Crippen LogP contribution in [0.5, 0.6) is 0 Å². The number of isocyanates is 1. The van der Waals surface area contributed by atoms with Crippen LogP contribution in [0, 0.1) is 5.92 Å². The van der Waals surface area contributed by atoms with Gasteiger partial charge in [0.25, 0.3) is 0 Å². The molecule has 0 bridgehead atoms. The summed E-state index contributed by atoms with van der Waals surface area (Å²) in [6, 6.07) is 1.57. The zero-order valence-electron chi connectivity index (χ0n) is 18.6. The van der Waals surface area contributed by atoms with Crippen LogP contribution in [-0.2, 0) is 36.1 Å². The molecule has 0 N–H and O–H groups in total. The van der Waals surface area contributed by atoms with Crippen molar-refractivity contribution in [1.29, 1.82) is 0 Å². The first-order chi connectivity index (χ1) is 14.0. The molecular weight excluding hydrogens is 414 g/mol. The molecule has 2 fully saturated rings. The van der Waals surface area contributed by atoms with Crippen molar-refractivity contribution < 1.29 is 36.1 Å². The summed E-state index contributed by atoms with van der Waals surface area (Å²) in [5.74, 6) is 0.760. The van der Waals surface area contributed by atoms with Gasteiger partial charge in [-0.15, -0.1) is 0 Å². The van der Waals surface area contributed by atoms with Crippen molar-refractivity contribution in [2.24, 2.45) is 10.9 Å². The van der Waals surface area contributed by atoms with Gasteiger partial charge in [0.05, 0.1) is 18.8 Å². The predicted molar refractivity (Wildman–Crippen MR) is 111 cm³/mol. The van der Waals surface area contributed by atoms with E-state index in [0.29, 0.717) is 31.2 Å². The Balaban J connectivity index is 0.000000298. The number of aliphatic imine (C=N–C) groups is 1. The summed E-state index contributed by atoms with van der Waals surface area (Å²) in [6.45, 7) is 0.439. The van der Waals surface area contributed by atoms with Crippen LogP contribution in [0.15, 0.2) is 4.99 Å². The Bertz CT molecular complexity index is 482. The molecule has 1 aliphatic heterocycles. The summed E-state index contributed by atoms with van der Waals surface area (Å²) < 4.78 is 37.3. The van der Waals surface area contributed by atoms with Crippen LogP contribution in [0.2, 0.25) is 12.1 Å². The van der Waals surface area contributed by atoms with Gasteiger partial charge in [0, 0.05) is 54.7 Å². The lowest BCUT2D eigenvalue weighted by molar-refractivity contribution is 0.120. The van der Waals surface area contributed by atoms with Crippen molar-refractivity contribution in [3.8, 4) is 0 Å². The van der Waals surface area contributed by atoms with Crippen LogP contribution in [0.25, 0.3) is 0 Å². The molecule has 1 aliphatic carbocycles. The molecular formula is C18H37NO8Si2. The van der Waals surface area contributed by atoms with Crippen molar-refractivity contribution in [3.63, 3.8) is 0 Å². The second-order valence-corrected chi connectivity index (χ2v) is 13.3. The predicted octanol–water partition coefficient (Wildman–Crippen LogP) is 2.41. The number of ether oxygens (including phenoxy) is 1. The normalized spacial score (nSPS) is 23.4. The molecule has 1 heterocycles. The monoisotopic (exact) mass is 451 g/mol. The molecule has 1 saturated heterocycles. The van der Waals surface area contributed by atoms with Crippen LogP contribution >= 0.6 is 0 Å². The van der Waals surface area contributed by atoms with E-state index in [1.807, 2.05) is 0 Å². The quantitative estimate of drug-likeness (QED) is 0.138. The molecule has 9 nitrogen and oxygen atoms in total. The summed E-state index contributed by atoms with van der Waals surface area (Å²) in [5.41, 5.74) is 0. The Morgan fingerprint density at radius 3 is 1.90 bits per heavy atom. The number of hydrogen-bond acceptors (Lipinski definition) is 9. The van der Waals surface area contributed by atoms with Crippen LogP contribution in [0.3, 0.4) is 0 Å². The summed E-state index contributed by atoms with van der Waals surface area (Å²) in [7, 11) is 4.91. The molecule has 2 aliphatic rings. The molecule has 0 aromatic carbocycles. The van der Waals surface area contributed by atoms with Crippen molar-refractivity contribution >= 4 is 23.7 Å². The first-order valence-corrected chi connectivity index (χ1v) is 13.8. The highest BCUT2D eigenvalue weighted by Gasteiger charge is 2.45. The summed E-state index contributed by atoms with van der Waals surface area (Å²) >= 11 is 0. The summed E-state index contributed by atoms with van der Waals surface area (Å²) in [5, 5.41) is 0. The van der Waals surface area contributed by atoms with Gasteiger partial charge in [-0.3, -0.25) is 0 Å². The molecule has 0 amide bonds. The Morgan fingerprint density at radius 1 is 0.862 bits per heavy atom. The Hall–Kier alpha value is -0.466. The minimum Gasteiger partial charge on any atom is -0.377 e. The minimum atomic E-state index is -2.46. The Kier molecular flexibility index (Phi) is 12.6. The number of fused-ring (bicyclic) bond motifs is 1. The molecule has 29 heavy (non-hydrogen) atoms. The third-order valence-electron chi connectivity index (χ3n) is 5.65. The van der Waals surface area contributed by atoms with Gasteiger partial charge in [-0.2, -0.15) is 0 Å². The molecule has 170 valence electrons. The van der Waals surface area contributed by atoms with E-state index < -0.39 is 17.6 Å². The van der Waals surface area contributed by atoms with Crippen molar-refractivity contribution in [2.45, 2.75) is 56.4 Å². The van der Waals surface area contributed by atoms with Gasteiger partial charge in [-0.25, -0.2) is 9.79 Å². The maximum atomic E-state index is 9.76. The van der Waals surface area contributed by atoms with E-state index in [-0.39, 0.29) is 0 Å². The van der Waals surface area contributed by atoms with Gasteiger partial charge in [0.2, 0.25) is 6.08 Å². The summed E-state index contributed by atoms with van der Waals surface area (Å²) in [4.78, 5) is 13.2. The van der Waals surface area contributed by atoms with Crippen molar-refractivity contribution in [1.82, 2.24) is 0 Å². The smallest absolute Gasteiger partial charge is 0.377 e. The number of hydrogen-bond donors (Lipinski definition) is 0. The molecule has 3 atom stereocenters. The molecule has 0 spiro atoms.